The highest BCUT2D eigenvalue weighted by Crippen LogP contribution is 2.35. The molecule has 1 atom stereocenters. The molecule has 5 N–H and O–H groups in total. The molecular formula is C23H28ClN5O2. The summed E-state index contributed by atoms with van der Waals surface area (Å²) < 4.78 is 11.4. The average molecular weight is 442 g/mol. The monoisotopic (exact) mass is 441 g/mol. The largest absolute Gasteiger partial charge is 0.495 e. The Kier molecular flexibility index (Phi) is 6.36. The number of hydrogen-bond acceptors (Lipinski definition) is 7. The smallest absolute Gasteiger partial charge is 0.202 e. The van der Waals surface area contributed by atoms with Crippen molar-refractivity contribution >= 4 is 23.2 Å². The number of anilines is 1. The van der Waals surface area contributed by atoms with Gasteiger partial charge in [-0.15, -0.1) is 0 Å². The number of halogens is 1. The Hall–Kier alpha value is -2.74. The highest BCUT2D eigenvalue weighted by Gasteiger charge is 2.33. The Morgan fingerprint density at radius 3 is 2.61 bits per heavy atom. The van der Waals surface area contributed by atoms with Crippen LogP contribution in [0, 0.1) is 0 Å². The summed E-state index contributed by atoms with van der Waals surface area (Å²) in [4.78, 5) is 4.75. The Balaban J connectivity index is 1.49. The van der Waals surface area contributed by atoms with E-state index in [0.717, 1.165) is 48.5 Å². The Morgan fingerprint density at radius 1 is 1.16 bits per heavy atom. The number of aliphatic imine (C=N–C) groups is 1. The van der Waals surface area contributed by atoms with E-state index in [1.165, 1.54) is 0 Å². The fraction of sp³-hybridized carbons (Fsp3) is 0.348. The van der Waals surface area contributed by atoms with Crippen molar-refractivity contribution in [2.24, 2.45) is 10.7 Å². The minimum atomic E-state index is -1.04. The van der Waals surface area contributed by atoms with Gasteiger partial charge in [-0.2, -0.15) is 0 Å². The molecule has 1 fully saturated rings. The molecule has 2 aliphatic heterocycles. The first-order valence-electron chi connectivity index (χ1n) is 10.4. The molecule has 1 unspecified atom stereocenters. The molecule has 2 aromatic carbocycles. The van der Waals surface area contributed by atoms with Crippen LogP contribution in [0.3, 0.4) is 0 Å². The van der Waals surface area contributed by atoms with Crippen molar-refractivity contribution in [1.82, 2.24) is 10.6 Å². The Labute approximate surface area is 187 Å². The number of piperidine rings is 1. The number of ether oxygens (including phenoxy) is 2. The first kappa shape index (κ1) is 21.5. The van der Waals surface area contributed by atoms with Crippen LogP contribution < -0.4 is 31.2 Å². The van der Waals surface area contributed by atoms with Crippen molar-refractivity contribution in [3.63, 3.8) is 0 Å². The lowest BCUT2D eigenvalue weighted by atomic mass is 9.93. The van der Waals surface area contributed by atoms with E-state index in [0.29, 0.717) is 16.7 Å². The van der Waals surface area contributed by atoms with E-state index >= 15 is 0 Å². The molecule has 1 saturated heterocycles. The quantitative estimate of drug-likeness (QED) is 0.567. The zero-order chi connectivity index (χ0) is 21.8. The second-order valence-electron chi connectivity index (χ2n) is 7.76. The molecule has 2 heterocycles. The van der Waals surface area contributed by atoms with E-state index in [9.17, 15) is 0 Å². The van der Waals surface area contributed by atoms with Crippen LogP contribution in [0.4, 0.5) is 5.69 Å². The molecule has 0 spiro atoms. The van der Waals surface area contributed by atoms with Crippen LogP contribution in [-0.2, 0) is 5.66 Å². The van der Waals surface area contributed by atoms with Crippen molar-refractivity contribution in [2.45, 2.75) is 31.5 Å². The normalized spacial score (nSPS) is 21.5. The van der Waals surface area contributed by atoms with Crippen LogP contribution in [0.1, 0.15) is 25.3 Å². The van der Waals surface area contributed by atoms with Gasteiger partial charge in [-0.05, 0) is 74.8 Å². The molecule has 4 rings (SSSR count). The molecule has 0 saturated carbocycles. The molecule has 0 bridgehead atoms. The number of nitrogens with one attached hydrogen (secondary N) is 3. The summed E-state index contributed by atoms with van der Waals surface area (Å²) in [6.45, 7) is 3.94. The summed E-state index contributed by atoms with van der Waals surface area (Å²) >= 11 is 6.17. The fourth-order valence-corrected chi connectivity index (χ4v) is 3.89. The minimum Gasteiger partial charge on any atom is -0.495 e. The van der Waals surface area contributed by atoms with Crippen molar-refractivity contribution in [1.29, 1.82) is 0 Å². The van der Waals surface area contributed by atoms with Gasteiger partial charge in [0.2, 0.25) is 5.96 Å². The van der Waals surface area contributed by atoms with Crippen LogP contribution >= 0.6 is 11.6 Å². The summed E-state index contributed by atoms with van der Waals surface area (Å²) in [6, 6.07) is 13.3. The summed E-state index contributed by atoms with van der Waals surface area (Å²) in [5.74, 6) is 1.98. The van der Waals surface area contributed by atoms with E-state index in [2.05, 4.69) is 16.0 Å². The number of methoxy groups -OCH3 is 1. The fourth-order valence-electron chi connectivity index (χ4n) is 3.70. The van der Waals surface area contributed by atoms with Crippen molar-refractivity contribution < 1.29 is 9.47 Å². The summed E-state index contributed by atoms with van der Waals surface area (Å²) in [5, 5.41) is 10.3. The maximum Gasteiger partial charge on any atom is 0.202 e. The molecule has 164 valence electrons. The number of guanidine groups is 1. The van der Waals surface area contributed by atoms with Gasteiger partial charge in [-0.1, -0.05) is 17.7 Å². The van der Waals surface area contributed by atoms with Crippen LogP contribution in [0.2, 0.25) is 5.02 Å². The summed E-state index contributed by atoms with van der Waals surface area (Å²) in [7, 11) is 1.58. The predicted octanol–water partition coefficient (Wildman–Crippen LogP) is 3.57. The maximum absolute atomic E-state index is 6.71. The first-order chi connectivity index (χ1) is 15.0. The topological polar surface area (TPSA) is 92.9 Å². The van der Waals surface area contributed by atoms with Gasteiger partial charge in [0.1, 0.15) is 17.6 Å². The third-order valence-corrected chi connectivity index (χ3v) is 5.92. The van der Waals surface area contributed by atoms with Gasteiger partial charge in [0.05, 0.1) is 12.1 Å². The standard InChI is InChI=1S/C23H28ClN5O2/c1-15-14-27-22(29-23(15,25)16-3-8-20(24)21(13-16)30-2)28-17-4-6-18(7-5-17)31-19-9-11-26-12-10-19/h3-8,13-14,19,26H,9-12,25H2,1-2H3,(H2,27,28,29). The summed E-state index contributed by atoms with van der Waals surface area (Å²) in [5.41, 5.74) is 8.21. The van der Waals surface area contributed by atoms with E-state index < -0.39 is 5.66 Å². The van der Waals surface area contributed by atoms with Crippen LogP contribution in [-0.4, -0.2) is 32.3 Å². The van der Waals surface area contributed by atoms with Crippen molar-refractivity contribution in [2.75, 3.05) is 25.5 Å². The molecule has 0 amide bonds. The number of hydrogen-bond donors (Lipinski definition) is 4. The second-order valence-corrected chi connectivity index (χ2v) is 8.17. The van der Waals surface area contributed by atoms with Crippen LogP contribution in [0.25, 0.3) is 0 Å². The Morgan fingerprint density at radius 2 is 1.90 bits per heavy atom. The molecule has 2 aliphatic rings. The van der Waals surface area contributed by atoms with Gasteiger partial charge < -0.3 is 25.4 Å². The van der Waals surface area contributed by atoms with E-state index in [1.807, 2.05) is 49.5 Å². The third-order valence-electron chi connectivity index (χ3n) is 5.61. The molecule has 7 nitrogen and oxygen atoms in total. The lowest BCUT2D eigenvalue weighted by Gasteiger charge is -2.32. The molecular weight excluding hydrogens is 414 g/mol. The van der Waals surface area contributed by atoms with Crippen molar-refractivity contribution in [3.8, 4) is 11.5 Å². The SMILES string of the molecule is COc1cc(C2(N)N=C(Nc3ccc(OC4CCNCC4)cc3)NC=C2C)ccc1Cl. The summed E-state index contributed by atoms with van der Waals surface area (Å²) in [6.07, 6.45) is 4.18. The average Bonchev–Trinajstić information content (AvgIpc) is 2.78. The van der Waals surface area contributed by atoms with E-state index in [-0.39, 0.29) is 6.10 Å². The van der Waals surface area contributed by atoms with Gasteiger partial charge >= 0.3 is 0 Å². The number of nitrogens with two attached hydrogens (primary N) is 1. The molecule has 8 heteroatoms. The minimum absolute atomic E-state index is 0.270. The van der Waals surface area contributed by atoms with Gasteiger partial charge in [0.15, 0.2) is 5.66 Å². The second kappa shape index (κ2) is 9.18. The highest BCUT2D eigenvalue weighted by molar-refractivity contribution is 6.32. The lowest BCUT2D eigenvalue weighted by Crippen LogP contribution is -2.44. The molecule has 0 aliphatic carbocycles. The van der Waals surface area contributed by atoms with Gasteiger partial charge in [0, 0.05) is 17.5 Å². The molecule has 31 heavy (non-hydrogen) atoms. The molecule has 0 aromatic heterocycles. The first-order valence-corrected chi connectivity index (χ1v) is 10.8. The number of rotatable bonds is 5. The van der Waals surface area contributed by atoms with Gasteiger partial charge in [-0.25, -0.2) is 4.99 Å². The van der Waals surface area contributed by atoms with Crippen LogP contribution in [0.5, 0.6) is 11.5 Å². The zero-order valence-electron chi connectivity index (χ0n) is 17.7. The zero-order valence-corrected chi connectivity index (χ0v) is 18.5. The van der Waals surface area contributed by atoms with E-state index in [1.54, 1.807) is 13.2 Å². The number of nitrogens with zero attached hydrogens (tertiary/aromatic N) is 1. The van der Waals surface area contributed by atoms with Crippen LogP contribution in [0.15, 0.2) is 59.2 Å². The predicted molar refractivity (Wildman–Crippen MR) is 125 cm³/mol. The van der Waals surface area contributed by atoms with Gasteiger partial charge in [-0.3, -0.25) is 5.73 Å². The molecule has 0 radical (unpaired) electrons. The maximum atomic E-state index is 6.71. The highest BCUT2D eigenvalue weighted by atomic mass is 35.5. The lowest BCUT2D eigenvalue weighted by molar-refractivity contribution is 0.162. The van der Waals surface area contributed by atoms with E-state index in [4.69, 9.17) is 31.8 Å². The van der Waals surface area contributed by atoms with Crippen molar-refractivity contribution in [3.05, 3.63) is 64.8 Å². The molecule has 2 aromatic rings. The number of benzene rings is 2. The van der Waals surface area contributed by atoms with Gasteiger partial charge in [0.25, 0.3) is 0 Å². The third kappa shape index (κ3) is 4.79. The Bertz CT molecular complexity index is 986.